The first-order valence-electron chi connectivity index (χ1n) is 4.82. The molecule has 0 aromatic rings. The van der Waals surface area contributed by atoms with Gasteiger partial charge in [0.2, 0.25) is 0 Å². The molecule has 2 heteroatoms. The first-order chi connectivity index (χ1) is 5.75. The van der Waals surface area contributed by atoms with Crippen molar-refractivity contribution >= 4 is 0 Å². The lowest BCUT2D eigenvalue weighted by molar-refractivity contribution is 0.0743. The zero-order valence-electron chi connectivity index (χ0n) is 7.58. The van der Waals surface area contributed by atoms with E-state index in [1.807, 2.05) is 0 Å². The molecule has 2 nitrogen and oxygen atoms in total. The van der Waals surface area contributed by atoms with Crippen LogP contribution in [0.25, 0.3) is 0 Å². The van der Waals surface area contributed by atoms with Gasteiger partial charge in [0.05, 0.1) is 6.10 Å². The van der Waals surface area contributed by atoms with E-state index in [1.54, 1.807) is 6.08 Å². The molecule has 1 fully saturated rings. The van der Waals surface area contributed by atoms with Crippen LogP contribution in [0.1, 0.15) is 32.1 Å². The molecule has 0 radical (unpaired) electrons. The van der Waals surface area contributed by atoms with Crippen LogP contribution in [0, 0.1) is 5.92 Å². The van der Waals surface area contributed by atoms with Crippen LogP contribution in [-0.4, -0.2) is 17.3 Å². The van der Waals surface area contributed by atoms with E-state index in [2.05, 4.69) is 6.58 Å². The van der Waals surface area contributed by atoms with Gasteiger partial charge in [-0.2, -0.15) is 0 Å². The largest absolute Gasteiger partial charge is 0.391 e. The lowest BCUT2D eigenvalue weighted by atomic mass is 9.83. The van der Waals surface area contributed by atoms with Gasteiger partial charge in [-0.25, -0.2) is 0 Å². The maximum absolute atomic E-state index is 9.75. The second-order valence-corrected chi connectivity index (χ2v) is 3.70. The predicted molar refractivity (Wildman–Crippen MR) is 50.8 cm³/mol. The van der Waals surface area contributed by atoms with Gasteiger partial charge in [0, 0.05) is 6.04 Å². The summed E-state index contributed by atoms with van der Waals surface area (Å²) < 4.78 is 0. The molecule has 12 heavy (non-hydrogen) atoms. The van der Waals surface area contributed by atoms with Gasteiger partial charge in [-0.1, -0.05) is 25.3 Å². The molecule has 0 spiro atoms. The van der Waals surface area contributed by atoms with Crippen LogP contribution < -0.4 is 5.73 Å². The molecule has 0 aromatic carbocycles. The fourth-order valence-corrected chi connectivity index (χ4v) is 1.93. The molecule has 1 saturated carbocycles. The third-order valence-corrected chi connectivity index (χ3v) is 2.80. The highest BCUT2D eigenvalue weighted by Gasteiger charge is 2.24. The molecule has 0 unspecified atom stereocenters. The summed E-state index contributed by atoms with van der Waals surface area (Å²) >= 11 is 0. The second-order valence-electron chi connectivity index (χ2n) is 3.70. The van der Waals surface area contributed by atoms with E-state index in [1.165, 1.54) is 19.3 Å². The van der Waals surface area contributed by atoms with Crippen molar-refractivity contribution in [2.45, 2.75) is 44.2 Å². The fraction of sp³-hybridized carbons (Fsp3) is 0.800. The Morgan fingerprint density at radius 2 is 1.92 bits per heavy atom. The predicted octanol–water partition coefficient (Wildman–Crippen LogP) is 1.44. The summed E-state index contributed by atoms with van der Waals surface area (Å²) in [4.78, 5) is 0. The number of nitrogens with two attached hydrogens (primary N) is 1. The van der Waals surface area contributed by atoms with Crippen LogP contribution in [-0.2, 0) is 0 Å². The average Bonchev–Trinajstić information content (AvgIpc) is 2.17. The molecule has 1 aliphatic rings. The van der Waals surface area contributed by atoms with Gasteiger partial charge < -0.3 is 10.8 Å². The van der Waals surface area contributed by atoms with Gasteiger partial charge in [-0.3, -0.25) is 0 Å². The Kier molecular flexibility index (Phi) is 3.76. The molecule has 0 aromatic heterocycles. The minimum atomic E-state index is -0.372. The quantitative estimate of drug-likeness (QED) is 0.628. The molecule has 0 amide bonds. The van der Waals surface area contributed by atoms with E-state index in [4.69, 9.17) is 5.73 Å². The van der Waals surface area contributed by atoms with Crippen molar-refractivity contribution in [3.8, 4) is 0 Å². The minimum Gasteiger partial charge on any atom is -0.391 e. The van der Waals surface area contributed by atoms with Crippen molar-refractivity contribution < 1.29 is 5.11 Å². The average molecular weight is 169 g/mol. The van der Waals surface area contributed by atoms with Crippen LogP contribution in [0.3, 0.4) is 0 Å². The van der Waals surface area contributed by atoms with Gasteiger partial charge in [-0.15, -0.1) is 6.58 Å². The summed E-state index contributed by atoms with van der Waals surface area (Å²) in [6.07, 6.45) is 7.32. The van der Waals surface area contributed by atoms with Crippen molar-refractivity contribution in [3.05, 3.63) is 12.7 Å². The molecule has 1 aliphatic carbocycles. The zero-order chi connectivity index (χ0) is 8.97. The van der Waals surface area contributed by atoms with E-state index < -0.39 is 0 Å². The molecular formula is C10H19NO. The lowest BCUT2D eigenvalue weighted by Gasteiger charge is -2.28. The Morgan fingerprint density at radius 3 is 2.42 bits per heavy atom. The number of hydrogen-bond donors (Lipinski definition) is 2. The molecule has 0 aliphatic heterocycles. The van der Waals surface area contributed by atoms with Crippen molar-refractivity contribution in [2.75, 3.05) is 0 Å². The molecule has 1 rings (SSSR count). The molecular weight excluding hydrogens is 150 g/mol. The summed E-state index contributed by atoms with van der Waals surface area (Å²) in [7, 11) is 0. The molecule has 0 saturated heterocycles. The maximum Gasteiger partial charge on any atom is 0.0754 e. The third kappa shape index (κ3) is 2.32. The summed E-state index contributed by atoms with van der Waals surface area (Å²) in [6.45, 7) is 3.59. The highest BCUT2D eigenvalue weighted by atomic mass is 16.3. The van der Waals surface area contributed by atoms with Crippen molar-refractivity contribution in [1.29, 1.82) is 0 Å². The maximum atomic E-state index is 9.75. The van der Waals surface area contributed by atoms with Gasteiger partial charge >= 0.3 is 0 Å². The number of hydrogen-bond acceptors (Lipinski definition) is 2. The first-order valence-corrected chi connectivity index (χ1v) is 4.82. The highest BCUT2D eigenvalue weighted by molar-refractivity contribution is 4.92. The van der Waals surface area contributed by atoms with Crippen LogP contribution >= 0.6 is 0 Å². The van der Waals surface area contributed by atoms with Gasteiger partial charge in [0.15, 0.2) is 0 Å². The number of aliphatic hydroxyl groups excluding tert-OH is 1. The smallest absolute Gasteiger partial charge is 0.0754 e. The summed E-state index contributed by atoms with van der Waals surface area (Å²) in [5.74, 6) is 0.409. The summed E-state index contributed by atoms with van der Waals surface area (Å²) in [5, 5.41) is 9.75. The number of aliphatic hydroxyl groups is 1. The van der Waals surface area contributed by atoms with Crippen LogP contribution in [0.5, 0.6) is 0 Å². The SMILES string of the molecule is C=C[C@H](N)[C@H](O)C1CCCCC1. The van der Waals surface area contributed by atoms with Crippen LogP contribution in [0.15, 0.2) is 12.7 Å². The van der Waals surface area contributed by atoms with Gasteiger partial charge in [0.25, 0.3) is 0 Å². The molecule has 0 bridgehead atoms. The van der Waals surface area contributed by atoms with E-state index in [0.717, 1.165) is 12.8 Å². The Labute approximate surface area is 74.5 Å². The molecule has 0 heterocycles. The topological polar surface area (TPSA) is 46.2 Å². The van der Waals surface area contributed by atoms with Crippen molar-refractivity contribution in [3.63, 3.8) is 0 Å². The third-order valence-electron chi connectivity index (χ3n) is 2.80. The Hall–Kier alpha value is -0.340. The summed E-state index contributed by atoms with van der Waals surface area (Å²) in [5.41, 5.74) is 5.68. The van der Waals surface area contributed by atoms with Crippen LogP contribution in [0.4, 0.5) is 0 Å². The lowest BCUT2D eigenvalue weighted by Crippen LogP contribution is -2.39. The first kappa shape index (κ1) is 9.75. The van der Waals surface area contributed by atoms with Crippen molar-refractivity contribution in [1.82, 2.24) is 0 Å². The van der Waals surface area contributed by atoms with E-state index >= 15 is 0 Å². The van der Waals surface area contributed by atoms with Gasteiger partial charge in [0.1, 0.15) is 0 Å². The number of rotatable bonds is 3. The molecule has 3 N–H and O–H groups in total. The van der Waals surface area contributed by atoms with E-state index in [-0.39, 0.29) is 12.1 Å². The zero-order valence-corrected chi connectivity index (χ0v) is 7.58. The van der Waals surface area contributed by atoms with Gasteiger partial charge in [-0.05, 0) is 18.8 Å². The molecule has 70 valence electrons. The van der Waals surface area contributed by atoms with E-state index in [0.29, 0.717) is 5.92 Å². The van der Waals surface area contributed by atoms with Crippen molar-refractivity contribution in [2.24, 2.45) is 11.7 Å². The monoisotopic (exact) mass is 169 g/mol. The summed E-state index contributed by atoms with van der Waals surface area (Å²) in [6, 6.07) is -0.243. The Bertz CT molecular complexity index is 141. The fourth-order valence-electron chi connectivity index (χ4n) is 1.93. The second kappa shape index (κ2) is 4.63. The van der Waals surface area contributed by atoms with Crippen LogP contribution in [0.2, 0.25) is 0 Å². The molecule has 2 atom stereocenters. The highest BCUT2D eigenvalue weighted by Crippen LogP contribution is 2.27. The normalized spacial score (nSPS) is 24.8. The standard InChI is InChI=1S/C10H19NO/c1-2-9(11)10(12)8-6-4-3-5-7-8/h2,8-10,12H,1,3-7,11H2/t9-,10+/m0/s1. The Morgan fingerprint density at radius 1 is 1.33 bits per heavy atom. The Balaban J connectivity index is 2.38. The van der Waals surface area contributed by atoms with E-state index in [9.17, 15) is 5.11 Å². The minimum absolute atomic E-state index is 0.243.